The summed E-state index contributed by atoms with van der Waals surface area (Å²) in [4.78, 5) is 3.71. The third-order valence-corrected chi connectivity index (χ3v) is 1.30. The van der Waals surface area contributed by atoms with E-state index in [1.807, 2.05) is 6.20 Å². The summed E-state index contributed by atoms with van der Waals surface area (Å²) in [7, 11) is 0. The summed E-state index contributed by atoms with van der Waals surface area (Å²) in [5, 5.41) is 0. The van der Waals surface area contributed by atoms with Crippen molar-refractivity contribution in [2.75, 3.05) is 0 Å². The van der Waals surface area contributed by atoms with Crippen molar-refractivity contribution in [2.24, 2.45) is 4.99 Å². The highest BCUT2D eigenvalue weighted by Gasteiger charge is 1.88. The maximum Gasteiger partial charge on any atom is 0.0252 e. The molecule has 0 aromatic carbocycles. The summed E-state index contributed by atoms with van der Waals surface area (Å²) in [6.45, 7) is 7.72. The molecular weight excluding hydrogens is 110 g/mol. The molecule has 0 amide bonds. The molecule has 0 N–H and O–H groups in total. The van der Waals surface area contributed by atoms with Gasteiger partial charge in [0.05, 0.1) is 0 Å². The van der Waals surface area contributed by atoms with Gasteiger partial charge in [0.1, 0.15) is 0 Å². The van der Waals surface area contributed by atoms with E-state index in [0.717, 1.165) is 12.8 Å². The second-order valence-electron chi connectivity index (χ2n) is 2.07. The van der Waals surface area contributed by atoms with Gasteiger partial charge in [-0.15, -0.1) is 0 Å². The smallest absolute Gasteiger partial charge is 0.0252 e. The van der Waals surface area contributed by atoms with Gasteiger partial charge in [0, 0.05) is 6.20 Å². The monoisotopic (exact) mass is 125 g/mol. The molecule has 0 aliphatic rings. The second kappa shape index (κ2) is 5.54. The Morgan fingerprint density at radius 3 is 2.56 bits per heavy atom. The Morgan fingerprint density at radius 2 is 2.22 bits per heavy atom. The average molecular weight is 125 g/mol. The molecule has 0 atom stereocenters. The van der Waals surface area contributed by atoms with Gasteiger partial charge in [-0.25, -0.2) is 0 Å². The fourth-order valence-corrected chi connectivity index (χ4v) is 0.783. The van der Waals surface area contributed by atoms with Gasteiger partial charge in [0.25, 0.3) is 0 Å². The molecule has 0 spiro atoms. The minimum absolute atomic E-state index is 1.10. The average Bonchev–Trinajstić information content (AvgIpc) is 1.88. The van der Waals surface area contributed by atoms with E-state index < -0.39 is 0 Å². The van der Waals surface area contributed by atoms with Crippen molar-refractivity contribution in [2.45, 2.75) is 33.1 Å². The second-order valence-corrected chi connectivity index (χ2v) is 2.07. The first-order valence-electron chi connectivity index (χ1n) is 3.48. The molecular formula is C8H15N. The molecule has 0 aliphatic heterocycles. The topological polar surface area (TPSA) is 12.4 Å². The van der Waals surface area contributed by atoms with Gasteiger partial charge in [-0.2, -0.15) is 0 Å². The van der Waals surface area contributed by atoms with Crippen LogP contribution in [-0.4, -0.2) is 6.72 Å². The standard InChI is InChI=1S/C8H15N/c1-4-6-8(5-2)7-9-3/h7H,3-6H2,1-2H3/b8-7-. The predicted molar refractivity (Wildman–Crippen MR) is 42.8 cm³/mol. The number of allylic oxidation sites excluding steroid dienone is 1. The zero-order valence-corrected chi connectivity index (χ0v) is 6.35. The van der Waals surface area contributed by atoms with Crippen LogP contribution < -0.4 is 0 Å². The lowest BCUT2D eigenvalue weighted by Gasteiger charge is -1.97. The van der Waals surface area contributed by atoms with Gasteiger partial charge >= 0.3 is 0 Å². The third-order valence-electron chi connectivity index (χ3n) is 1.30. The van der Waals surface area contributed by atoms with E-state index in [0.29, 0.717) is 0 Å². The first-order chi connectivity index (χ1) is 4.35. The Hall–Kier alpha value is -0.590. The molecule has 9 heavy (non-hydrogen) atoms. The molecule has 0 heterocycles. The van der Waals surface area contributed by atoms with Gasteiger partial charge in [-0.05, 0) is 19.6 Å². The minimum Gasteiger partial charge on any atom is -0.273 e. The van der Waals surface area contributed by atoms with Gasteiger partial charge in [-0.3, -0.25) is 4.99 Å². The van der Waals surface area contributed by atoms with Crippen molar-refractivity contribution in [3.8, 4) is 0 Å². The first-order valence-corrected chi connectivity index (χ1v) is 3.48. The molecule has 0 bridgehead atoms. The van der Waals surface area contributed by atoms with Crippen LogP contribution in [-0.2, 0) is 0 Å². The van der Waals surface area contributed by atoms with Crippen LogP contribution in [0.5, 0.6) is 0 Å². The molecule has 1 nitrogen and oxygen atoms in total. The first kappa shape index (κ1) is 8.41. The lowest BCUT2D eigenvalue weighted by Crippen LogP contribution is -1.77. The van der Waals surface area contributed by atoms with Crippen LogP contribution in [0.15, 0.2) is 16.8 Å². The Balaban J connectivity index is 3.66. The summed E-state index contributed by atoms with van der Waals surface area (Å²) in [5.74, 6) is 0. The number of nitrogens with zero attached hydrogens (tertiary/aromatic N) is 1. The normalized spacial score (nSPS) is 11.6. The molecule has 0 aliphatic carbocycles. The lowest BCUT2D eigenvalue weighted by molar-refractivity contribution is 0.854. The van der Waals surface area contributed by atoms with E-state index in [1.165, 1.54) is 12.0 Å². The van der Waals surface area contributed by atoms with E-state index in [2.05, 4.69) is 25.6 Å². The Kier molecular flexibility index (Phi) is 5.18. The largest absolute Gasteiger partial charge is 0.273 e. The number of rotatable bonds is 4. The van der Waals surface area contributed by atoms with Crippen molar-refractivity contribution in [1.82, 2.24) is 0 Å². The highest BCUT2D eigenvalue weighted by Crippen LogP contribution is 2.07. The predicted octanol–water partition coefficient (Wildman–Crippen LogP) is 2.78. The highest BCUT2D eigenvalue weighted by molar-refractivity contribution is 5.26. The van der Waals surface area contributed by atoms with Gasteiger partial charge in [0.15, 0.2) is 0 Å². The van der Waals surface area contributed by atoms with Gasteiger partial charge in [-0.1, -0.05) is 25.8 Å². The minimum atomic E-state index is 1.10. The maximum absolute atomic E-state index is 3.71. The van der Waals surface area contributed by atoms with Crippen molar-refractivity contribution in [3.63, 3.8) is 0 Å². The molecule has 0 fully saturated rings. The highest BCUT2D eigenvalue weighted by atomic mass is 14.6. The molecule has 0 aromatic rings. The molecule has 0 aromatic heterocycles. The fraction of sp³-hybridized carbons (Fsp3) is 0.625. The quantitative estimate of drug-likeness (QED) is 0.512. The van der Waals surface area contributed by atoms with Crippen LogP contribution in [0.4, 0.5) is 0 Å². The molecule has 0 unspecified atom stereocenters. The zero-order chi connectivity index (χ0) is 7.11. The number of hydrogen-bond donors (Lipinski definition) is 0. The molecule has 0 saturated heterocycles. The van der Waals surface area contributed by atoms with Crippen LogP contribution in [0.25, 0.3) is 0 Å². The molecule has 0 radical (unpaired) electrons. The molecule has 0 rings (SSSR count). The van der Waals surface area contributed by atoms with E-state index in [1.54, 1.807) is 0 Å². The maximum atomic E-state index is 3.71. The molecule has 52 valence electrons. The summed E-state index contributed by atoms with van der Waals surface area (Å²) >= 11 is 0. The van der Waals surface area contributed by atoms with Gasteiger partial charge in [0.2, 0.25) is 0 Å². The van der Waals surface area contributed by atoms with Crippen LogP contribution in [0, 0.1) is 0 Å². The van der Waals surface area contributed by atoms with Crippen molar-refractivity contribution < 1.29 is 0 Å². The van der Waals surface area contributed by atoms with Gasteiger partial charge < -0.3 is 0 Å². The van der Waals surface area contributed by atoms with Crippen LogP contribution in [0.2, 0.25) is 0 Å². The molecule has 1 heteroatoms. The summed E-state index contributed by atoms with van der Waals surface area (Å²) in [6, 6.07) is 0. The SMILES string of the molecule is C=N/C=C(/CC)CCC. The van der Waals surface area contributed by atoms with Crippen LogP contribution >= 0.6 is 0 Å². The summed E-state index contributed by atoms with van der Waals surface area (Å²) in [5.41, 5.74) is 1.40. The lowest BCUT2D eigenvalue weighted by atomic mass is 10.1. The fourth-order valence-electron chi connectivity index (χ4n) is 0.783. The Bertz CT molecular complexity index is 103. The summed E-state index contributed by atoms with van der Waals surface area (Å²) < 4.78 is 0. The zero-order valence-electron chi connectivity index (χ0n) is 6.35. The van der Waals surface area contributed by atoms with Crippen molar-refractivity contribution >= 4 is 6.72 Å². The Labute approximate surface area is 57.5 Å². The third kappa shape index (κ3) is 3.95. The molecule has 0 saturated carbocycles. The van der Waals surface area contributed by atoms with Crippen molar-refractivity contribution in [1.29, 1.82) is 0 Å². The number of aliphatic imine (C=N–C) groups is 1. The number of hydrogen-bond acceptors (Lipinski definition) is 1. The Morgan fingerprint density at radius 1 is 1.56 bits per heavy atom. The van der Waals surface area contributed by atoms with E-state index in [-0.39, 0.29) is 0 Å². The van der Waals surface area contributed by atoms with Crippen LogP contribution in [0.1, 0.15) is 33.1 Å². The van der Waals surface area contributed by atoms with E-state index in [4.69, 9.17) is 0 Å². The van der Waals surface area contributed by atoms with E-state index in [9.17, 15) is 0 Å². The van der Waals surface area contributed by atoms with Crippen molar-refractivity contribution in [3.05, 3.63) is 11.8 Å². The summed E-state index contributed by atoms with van der Waals surface area (Å²) in [6.07, 6.45) is 5.33. The van der Waals surface area contributed by atoms with E-state index >= 15 is 0 Å². The van der Waals surface area contributed by atoms with Crippen LogP contribution in [0.3, 0.4) is 0 Å².